The van der Waals surface area contributed by atoms with Crippen molar-refractivity contribution in [1.29, 1.82) is 0 Å². The quantitative estimate of drug-likeness (QED) is 0.496. The minimum atomic E-state index is -0.279. The molecule has 0 amide bonds. The Morgan fingerprint density at radius 2 is 1.73 bits per heavy atom. The monoisotopic (exact) mass is 399 g/mol. The van der Waals surface area contributed by atoms with E-state index in [2.05, 4.69) is 5.32 Å². The third-order valence-electron chi connectivity index (χ3n) is 5.20. The predicted octanol–water partition coefficient (Wildman–Crippen LogP) is 4.63. The zero-order valence-electron chi connectivity index (χ0n) is 17.1. The fourth-order valence-corrected chi connectivity index (χ4v) is 3.65. The highest BCUT2D eigenvalue weighted by atomic mass is 16.5. The van der Waals surface area contributed by atoms with Crippen molar-refractivity contribution in [3.05, 3.63) is 100 Å². The van der Waals surface area contributed by atoms with E-state index in [-0.39, 0.29) is 11.6 Å². The van der Waals surface area contributed by atoms with Crippen LogP contribution in [0.2, 0.25) is 0 Å². The molecule has 30 heavy (non-hydrogen) atoms. The van der Waals surface area contributed by atoms with Crippen LogP contribution in [0.4, 0.5) is 5.69 Å². The summed E-state index contributed by atoms with van der Waals surface area (Å²) in [5.74, 6) is 0.818. The molecule has 1 atom stereocenters. The lowest BCUT2D eigenvalue weighted by molar-refractivity contribution is 0.414. The summed E-state index contributed by atoms with van der Waals surface area (Å²) in [6.45, 7) is 2.49. The molecule has 1 heterocycles. The molecule has 3 N–H and O–H groups in total. The smallest absolute Gasteiger partial charge is 0.265 e. The third-order valence-corrected chi connectivity index (χ3v) is 5.20. The van der Waals surface area contributed by atoms with Crippen LogP contribution in [-0.2, 0) is 6.54 Å². The number of ether oxygens (including phenoxy) is 1. The van der Waals surface area contributed by atoms with Crippen LogP contribution in [-0.4, -0.2) is 11.7 Å². The molecule has 0 aliphatic rings. The summed E-state index contributed by atoms with van der Waals surface area (Å²) < 4.78 is 6.93. The summed E-state index contributed by atoms with van der Waals surface area (Å²) in [5.41, 5.74) is 9.63. The Bertz CT molecular complexity index is 1210. The summed E-state index contributed by atoms with van der Waals surface area (Å²) in [4.78, 5) is 13.6. The highest BCUT2D eigenvalue weighted by molar-refractivity contribution is 5.93. The van der Waals surface area contributed by atoms with Crippen molar-refractivity contribution < 1.29 is 4.74 Å². The Labute approximate surface area is 175 Å². The number of nitrogens with zero attached hydrogens (tertiary/aromatic N) is 1. The molecule has 0 aliphatic heterocycles. The highest BCUT2D eigenvalue weighted by Gasteiger charge is 2.16. The third kappa shape index (κ3) is 3.80. The van der Waals surface area contributed by atoms with Crippen molar-refractivity contribution in [2.24, 2.45) is 5.73 Å². The summed E-state index contributed by atoms with van der Waals surface area (Å²) in [6.07, 6.45) is 0. The van der Waals surface area contributed by atoms with Gasteiger partial charge in [0.05, 0.1) is 12.5 Å². The standard InChI is InChI=1S/C25H25N3O2/c1-17(26)23-15-19-7-6-10-22(27-16-18-11-13-21(30-2)14-12-18)24(19)25(29)28(23)20-8-4-3-5-9-20/h3-15,17,27H,16,26H2,1-2H3. The van der Waals surface area contributed by atoms with Gasteiger partial charge in [0, 0.05) is 29.7 Å². The molecule has 152 valence electrons. The van der Waals surface area contributed by atoms with Gasteiger partial charge in [0.1, 0.15) is 5.75 Å². The lowest BCUT2D eigenvalue weighted by atomic mass is 10.1. The maximum absolute atomic E-state index is 13.6. The summed E-state index contributed by atoms with van der Waals surface area (Å²) in [5, 5.41) is 4.95. The van der Waals surface area contributed by atoms with Crippen LogP contribution in [0.25, 0.3) is 16.5 Å². The minimum Gasteiger partial charge on any atom is -0.497 e. The molecule has 1 aromatic heterocycles. The average Bonchev–Trinajstić information content (AvgIpc) is 2.78. The molecule has 4 rings (SSSR count). The molecule has 0 saturated carbocycles. The number of aromatic nitrogens is 1. The summed E-state index contributed by atoms with van der Waals surface area (Å²) in [6, 6.07) is 25.1. The van der Waals surface area contributed by atoms with Gasteiger partial charge in [0.15, 0.2) is 0 Å². The van der Waals surface area contributed by atoms with Crippen molar-refractivity contribution in [2.75, 3.05) is 12.4 Å². The zero-order valence-corrected chi connectivity index (χ0v) is 17.1. The lowest BCUT2D eigenvalue weighted by Gasteiger charge is -2.19. The SMILES string of the molecule is COc1ccc(CNc2cccc3cc(C(C)N)n(-c4ccccc4)c(=O)c23)cc1. The van der Waals surface area contributed by atoms with Crippen LogP contribution in [0.15, 0.2) is 83.7 Å². The Morgan fingerprint density at radius 3 is 2.40 bits per heavy atom. The number of benzene rings is 3. The van der Waals surface area contributed by atoms with E-state index >= 15 is 0 Å². The second-order valence-corrected chi connectivity index (χ2v) is 7.31. The molecule has 1 unspecified atom stereocenters. The number of rotatable bonds is 6. The largest absolute Gasteiger partial charge is 0.497 e. The number of nitrogens with two attached hydrogens (primary N) is 1. The van der Waals surface area contributed by atoms with Crippen LogP contribution in [0.3, 0.4) is 0 Å². The Hall–Kier alpha value is -3.57. The number of pyridine rings is 1. The molecule has 0 aliphatic carbocycles. The Kier molecular flexibility index (Phi) is 5.55. The van der Waals surface area contributed by atoms with Gasteiger partial charge in [-0.1, -0.05) is 42.5 Å². The number of fused-ring (bicyclic) bond motifs is 1. The van der Waals surface area contributed by atoms with Crippen LogP contribution < -0.4 is 21.3 Å². The second kappa shape index (κ2) is 8.43. The van der Waals surface area contributed by atoms with E-state index in [1.807, 2.05) is 85.8 Å². The summed E-state index contributed by atoms with van der Waals surface area (Å²) >= 11 is 0. The molecule has 4 aromatic rings. The van der Waals surface area contributed by atoms with Crippen molar-refractivity contribution in [3.8, 4) is 11.4 Å². The van der Waals surface area contributed by atoms with Crippen LogP contribution in [0, 0.1) is 0 Å². The van der Waals surface area contributed by atoms with Gasteiger partial charge in [-0.3, -0.25) is 9.36 Å². The van der Waals surface area contributed by atoms with E-state index in [0.717, 1.165) is 33.8 Å². The molecule has 5 heteroatoms. The predicted molar refractivity (Wildman–Crippen MR) is 122 cm³/mol. The number of nitrogens with one attached hydrogen (secondary N) is 1. The van der Waals surface area contributed by atoms with E-state index in [0.29, 0.717) is 11.9 Å². The first-order valence-corrected chi connectivity index (χ1v) is 9.95. The van der Waals surface area contributed by atoms with Crippen molar-refractivity contribution in [2.45, 2.75) is 19.5 Å². The number of hydrogen-bond donors (Lipinski definition) is 2. The molecule has 0 fully saturated rings. The molecular formula is C25H25N3O2. The van der Waals surface area contributed by atoms with Gasteiger partial charge >= 0.3 is 0 Å². The van der Waals surface area contributed by atoms with Gasteiger partial charge in [0.25, 0.3) is 5.56 Å². The molecule has 0 saturated heterocycles. The number of para-hydroxylation sites is 1. The molecule has 5 nitrogen and oxygen atoms in total. The first-order valence-electron chi connectivity index (χ1n) is 9.95. The van der Waals surface area contributed by atoms with E-state index in [9.17, 15) is 4.79 Å². The first-order chi connectivity index (χ1) is 14.6. The maximum Gasteiger partial charge on any atom is 0.265 e. The van der Waals surface area contributed by atoms with Crippen molar-refractivity contribution in [3.63, 3.8) is 0 Å². The molecular weight excluding hydrogens is 374 g/mol. The first kappa shape index (κ1) is 19.7. The van der Waals surface area contributed by atoms with Gasteiger partial charge in [-0.05, 0) is 54.3 Å². The lowest BCUT2D eigenvalue weighted by Crippen LogP contribution is -2.26. The number of hydrogen-bond acceptors (Lipinski definition) is 4. The molecule has 0 bridgehead atoms. The molecule has 0 radical (unpaired) electrons. The van der Waals surface area contributed by atoms with E-state index in [1.165, 1.54) is 0 Å². The average molecular weight is 399 g/mol. The van der Waals surface area contributed by atoms with Crippen LogP contribution in [0.5, 0.6) is 5.75 Å². The normalized spacial score (nSPS) is 12.0. The van der Waals surface area contributed by atoms with Gasteiger partial charge in [-0.2, -0.15) is 0 Å². The summed E-state index contributed by atoms with van der Waals surface area (Å²) in [7, 11) is 1.65. The van der Waals surface area contributed by atoms with Gasteiger partial charge in [0.2, 0.25) is 0 Å². The van der Waals surface area contributed by atoms with Crippen molar-refractivity contribution >= 4 is 16.5 Å². The van der Waals surface area contributed by atoms with Gasteiger partial charge in [-0.15, -0.1) is 0 Å². The van der Waals surface area contributed by atoms with Crippen LogP contribution >= 0.6 is 0 Å². The fourth-order valence-electron chi connectivity index (χ4n) is 3.65. The fraction of sp³-hybridized carbons (Fsp3) is 0.160. The van der Waals surface area contributed by atoms with Crippen molar-refractivity contribution in [1.82, 2.24) is 4.57 Å². The van der Waals surface area contributed by atoms with Crippen LogP contribution in [0.1, 0.15) is 24.2 Å². The van der Waals surface area contributed by atoms with E-state index < -0.39 is 0 Å². The topological polar surface area (TPSA) is 69.3 Å². The highest BCUT2D eigenvalue weighted by Crippen LogP contribution is 2.25. The molecule has 3 aromatic carbocycles. The minimum absolute atomic E-state index is 0.0798. The van der Waals surface area contributed by atoms with E-state index in [4.69, 9.17) is 10.5 Å². The maximum atomic E-state index is 13.6. The number of anilines is 1. The Morgan fingerprint density at radius 1 is 1.00 bits per heavy atom. The van der Waals surface area contributed by atoms with Gasteiger partial charge < -0.3 is 15.8 Å². The molecule has 0 spiro atoms. The zero-order chi connectivity index (χ0) is 21.1. The Balaban J connectivity index is 1.80. The van der Waals surface area contributed by atoms with Gasteiger partial charge in [-0.25, -0.2) is 0 Å². The number of methoxy groups -OCH3 is 1. The second-order valence-electron chi connectivity index (χ2n) is 7.31. The van der Waals surface area contributed by atoms with E-state index in [1.54, 1.807) is 11.7 Å².